The monoisotopic (exact) mass is 596 g/mol. The normalized spacial score (nSPS) is 19.5. The van der Waals surface area contributed by atoms with E-state index in [2.05, 4.69) is 0 Å². The molecule has 0 spiro atoms. The van der Waals surface area contributed by atoms with Crippen LogP contribution in [0, 0.1) is 0 Å². The Morgan fingerprint density at radius 1 is 0.864 bits per heavy atom. The Bertz CT molecular complexity index is 1510. The average Bonchev–Trinajstić information content (AvgIpc) is 3.28. The zero-order valence-electron chi connectivity index (χ0n) is 24.0. The van der Waals surface area contributed by atoms with Crippen LogP contribution in [0.15, 0.2) is 115 Å². The van der Waals surface area contributed by atoms with Gasteiger partial charge in [0.2, 0.25) is 5.91 Å². The Morgan fingerprint density at radius 2 is 1.45 bits per heavy atom. The van der Waals surface area contributed by atoms with Crippen molar-refractivity contribution in [1.82, 2.24) is 9.80 Å². The molecule has 2 aliphatic rings. The molecule has 2 aliphatic heterocycles. The second kappa shape index (κ2) is 14.2. The third kappa shape index (κ3) is 7.15. The van der Waals surface area contributed by atoms with Gasteiger partial charge >= 0.3 is 12.2 Å². The molecule has 2 amide bonds. The Labute approximate surface area is 255 Å². The lowest BCUT2D eigenvalue weighted by molar-refractivity contribution is -0.180. The largest absolute Gasteiger partial charge is 0.511 e. The molecule has 0 aliphatic carbocycles. The average molecular weight is 597 g/mol. The molecule has 2 saturated heterocycles. The first-order chi connectivity index (χ1) is 21.5. The van der Waals surface area contributed by atoms with Crippen molar-refractivity contribution in [1.29, 1.82) is 0 Å². The molecule has 10 nitrogen and oxygen atoms in total. The predicted molar refractivity (Wildman–Crippen MR) is 158 cm³/mol. The fraction of sp³-hybridized carbons (Fsp3) is 0.235. The van der Waals surface area contributed by atoms with Crippen LogP contribution in [-0.4, -0.2) is 52.7 Å². The van der Waals surface area contributed by atoms with E-state index in [4.69, 9.17) is 18.9 Å². The minimum absolute atomic E-state index is 0.0214. The summed E-state index contributed by atoms with van der Waals surface area (Å²) in [5.74, 6) is -0.281. The van der Waals surface area contributed by atoms with Gasteiger partial charge in [-0.1, -0.05) is 103 Å². The van der Waals surface area contributed by atoms with Crippen LogP contribution >= 0.6 is 0 Å². The number of carbonyl (C=O) groups excluding carboxylic acids is 4. The van der Waals surface area contributed by atoms with Crippen molar-refractivity contribution in [3.05, 3.63) is 132 Å². The molecule has 44 heavy (non-hydrogen) atoms. The molecule has 0 radical (unpaired) electrons. The maximum atomic E-state index is 13.1. The number of carbonyl (C=O) groups is 4. The van der Waals surface area contributed by atoms with Crippen LogP contribution in [0.4, 0.5) is 9.59 Å². The van der Waals surface area contributed by atoms with Crippen LogP contribution in [0.5, 0.6) is 0 Å². The molecule has 5 rings (SSSR count). The minimum atomic E-state index is -1.72. The van der Waals surface area contributed by atoms with Crippen LogP contribution in [0.2, 0.25) is 0 Å². The molecule has 0 N–H and O–H groups in total. The lowest BCUT2D eigenvalue weighted by Gasteiger charge is -2.41. The molecule has 2 fully saturated rings. The summed E-state index contributed by atoms with van der Waals surface area (Å²) in [6.45, 7) is 0.517. The smallest absolute Gasteiger partial charge is 0.468 e. The number of allylic oxidation sites excluding steroid dienone is 1. The standard InChI is InChI=1S/C34H32N2O8/c37-21-18-29-34(36-30(38)22-31(36)43-29,44-33(40)42-25-28-16-8-3-9-17-28)19-10-11-20-35(23-26-12-4-1-5-13-26)32(39)41-24-27-14-6-2-7-15-27/h1-18,21,31H,19-20,22-25H2/t31-,34?/m1/s1. The quantitative estimate of drug-likeness (QED) is 0.0887. The first-order valence-electron chi connectivity index (χ1n) is 14.2. The number of hydrogen-bond donors (Lipinski definition) is 0. The SMILES string of the molecule is O=CC=C1O[C@@H]2CC(=O)N2C1(CC=CCN(Cc1ccccc1)C(=O)OCc1ccccc1)OC(=O)OCc1ccccc1. The summed E-state index contributed by atoms with van der Waals surface area (Å²) >= 11 is 0. The van der Waals surface area contributed by atoms with Gasteiger partial charge in [-0.15, -0.1) is 0 Å². The van der Waals surface area contributed by atoms with Gasteiger partial charge in [0, 0.05) is 25.6 Å². The molecule has 0 aromatic heterocycles. The maximum absolute atomic E-state index is 13.1. The van der Waals surface area contributed by atoms with Crippen LogP contribution in [0.1, 0.15) is 29.5 Å². The Hall–Kier alpha value is -5.38. The third-order valence-electron chi connectivity index (χ3n) is 7.18. The zero-order valence-corrected chi connectivity index (χ0v) is 24.0. The highest BCUT2D eigenvalue weighted by Gasteiger charge is 2.63. The van der Waals surface area contributed by atoms with Gasteiger partial charge in [-0.3, -0.25) is 14.5 Å². The van der Waals surface area contributed by atoms with E-state index in [9.17, 15) is 19.2 Å². The predicted octanol–water partition coefficient (Wildman–Crippen LogP) is 5.49. The first kappa shape index (κ1) is 30.1. The number of hydrogen-bond acceptors (Lipinski definition) is 8. The Morgan fingerprint density at radius 3 is 2.05 bits per heavy atom. The molecule has 3 aromatic rings. The van der Waals surface area contributed by atoms with Gasteiger partial charge in [-0.25, -0.2) is 9.59 Å². The third-order valence-corrected chi connectivity index (χ3v) is 7.18. The van der Waals surface area contributed by atoms with E-state index in [0.29, 0.717) is 12.8 Å². The zero-order chi connectivity index (χ0) is 30.8. The fourth-order valence-corrected chi connectivity index (χ4v) is 4.99. The number of fused-ring (bicyclic) bond motifs is 1. The summed E-state index contributed by atoms with van der Waals surface area (Å²) < 4.78 is 22.5. The van der Waals surface area contributed by atoms with Gasteiger partial charge in [0.05, 0.1) is 6.42 Å². The number of amides is 2. The van der Waals surface area contributed by atoms with E-state index in [1.807, 2.05) is 78.9 Å². The van der Waals surface area contributed by atoms with Crippen molar-refractivity contribution in [3.63, 3.8) is 0 Å². The highest BCUT2D eigenvalue weighted by Crippen LogP contribution is 2.47. The second-order valence-corrected chi connectivity index (χ2v) is 10.2. The number of rotatable bonds is 12. The van der Waals surface area contributed by atoms with E-state index >= 15 is 0 Å². The van der Waals surface area contributed by atoms with Crippen molar-refractivity contribution >= 4 is 24.4 Å². The van der Waals surface area contributed by atoms with Crippen molar-refractivity contribution in [3.8, 4) is 0 Å². The molecule has 3 aromatic carbocycles. The molecule has 10 heteroatoms. The summed E-state index contributed by atoms with van der Waals surface area (Å²) in [7, 11) is 0. The summed E-state index contributed by atoms with van der Waals surface area (Å²) in [5.41, 5.74) is 0.801. The Balaban J connectivity index is 1.31. The number of nitrogens with zero attached hydrogens (tertiary/aromatic N) is 2. The molecule has 0 saturated carbocycles. The lowest BCUT2D eigenvalue weighted by Crippen LogP contribution is -2.60. The van der Waals surface area contributed by atoms with Gasteiger partial charge in [0.1, 0.15) is 19.5 Å². The van der Waals surface area contributed by atoms with Crippen molar-refractivity contribution in [2.24, 2.45) is 0 Å². The van der Waals surface area contributed by atoms with E-state index in [1.54, 1.807) is 24.3 Å². The fourth-order valence-electron chi connectivity index (χ4n) is 4.99. The number of benzene rings is 3. The molecular formula is C34H32N2O8. The summed E-state index contributed by atoms with van der Waals surface area (Å²) in [6.07, 6.45) is 2.84. The van der Waals surface area contributed by atoms with Crippen LogP contribution in [0.3, 0.4) is 0 Å². The van der Waals surface area contributed by atoms with Crippen LogP contribution in [0.25, 0.3) is 0 Å². The van der Waals surface area contributed by atoms with E-state index in [1.165, 1.54) is 9.80 Å². The van der Waals surface area contributed by atoms with Crippen LogP contribution in [-0.2, 0) is 48.3 Å². The summed E-state index contributed by atoms with van der Waals surface area (Å²) in [4.78, 5) is 53.0. The van der Waals surface area contributed by atoms with Crippen molar-refractivity contribution in [2.45, 2.75) is 44.6 Å². The van der Waals surface area contributed by atoms with E-state index in [-0.39, 0.29) is 44.3 Å². The first-order valence-corrected chi connectivity index (χ1v) is 14.2. The van der Waals surface area contributed by atoms with Crippen LogP contribution < -0.4 is 0 Å². The Kier molecular flexibility index (Phi) is 9.71. The highest BCUT2D eigenvalue weighted by molar-refractivity contribution is 5.85. The number of β-lactam (4-membered cyclic amide) rings is 1. The van der Waals surface area contributed by atoms with E-state index in [0.717, 1.165) is 22.8 Å². The maximum Gasteiger partial charge on any atom is 0.511 e. The number of aldehydes is 1. The topological polar surface area (TPSA) is 112 Å². The molecule has 0 bridgehead atoms. The minimum Gasteiger partial charge on any atom is -0.468 e. The highest BCUT2D eigenvalue weighted by atomic mass is 16.8. The van der Waals surface area contributed by atoms with Gasteiger partial charge in [-0.05, 0) is 16.7 Å². The molecule has 2 heterocycles. The molecular weight excluding hydrogens is 564 g/mol. The van der Waals surface area contributed by atoms with Crippen molar-refractivity contribution < 1.29 is 38.1 Å². The summed E-state index contributed by atoms with van der Waals surface area (Å²) in [5, 5.41) is 0. The van der Waals surface area contributed by atoms with Gasteiger partial charge < -0.3 is 23.8 Å². The molecule has 2 atom stereocenters. The second-order valence-electron chi connectivity index (χ2n) is 10.2. The van der Waals surface area contributed by atoms with Crippen molar-refractivity contribution in [2.75, 3.05) is 6.54 Å². The van der Waals surface area contributed by atoms with Gasteiger partial charge in [-0.2, -0.15) is 0 Å². The lowest BCUT2D eigenvalue weighted by atomic mass is 10.0. The van der Waals surface area contributed by atoms with Gasteiger partial charge in [0.15, 0.2) is 12.0 Å². The summed E-state index contributed by atoms with van der Waals surface area (Å²) in [6, 6.07) is 27.9. The molecule has 226 valence electrons. The van der Waals surface area contributed by atoms with E-state index < -0.39 is 24.2 Å². The number of ether oxygens (including phenoxy) is 4. The molecule has 1 unspecified atom stereocenters. The van der Waals surface area contributed by atoms with Gasteiger partial charge in [0.25, 0.3) is 5.72 Å².